The molecule has 1 aromatic heterocycles. The lowest BCUT2D eigenvalue weighted by Gasteiger charge is -2.19. The molecule has 0 unspecified atom stereocenters. The minimum absolute atomic E-state index is 0.841. The first-order chi connectivity index (χ1) is 6.84. The molecule has 78 valence electrons. The molecule has 0 bridgehead atoms. The maximum atomic E-state index is 4.09. The molecular weight excluding hydrogens is 194 g/mol. The van der Waals surface area contributed by atoms with E-state index in [1.165, 1.54) is 30.9 Å². The molecule has 2 heterocycles. The van der Waals surface area contributed by atoms with E-state index in [0.717, 1.165) is 12.5 Å². The van der Waals surface area contributed by atoms with Crippen LogP contribution < -0.4 is 5.32 Å². The number of hydrogen-bond donors (Lipinski definition) is 1. The van der Waals surface area contributed by atoms with Gasteiger partial charge < -0.3 is 10.2 Å². The third-order valence-corrected chi connectivity index (χ3v) is 3.41. The van der Waals surface area contributed by atoms with Gasteiger partial charge in [0.25, 0.3) is 0 Å². The molecule has 2 rings (SSSR count). The molecule has 1 atom stereocenters. The molecule has 14 heavy (non-hydrogen) atoms. The molecule has 0 aromatic carbocycles. The number of hydrogen-bond acceptors (Lipinski definition) is 4. The van der Waals surface area contributed by atoms with Crippen LogP contribution in [0.4, 0.5) is 0 Å². The zero-order valence-electron chi connectivity index (χ0n) is 8.57. The van der Waals surface area contributed by atoms with Gasteiger partial charge in [-0.25, -0.2) is 0 Å². The van der Waals surface area contributed by atoms with Crippen molar-refractivity contribution in [1.29, 1.82) is 0 Å². The molecule has 3 nitrogen and oxygen atoms in total. The van der Waals surface area contributed by atoms with Gasteiger partial charge >= 0.3 is 0 Å². The van der Waals surface area contributed by atoms with Gasteiger partial charge in [-0.1, -0.05) is 0 Å². The Bertz CT molecular complexity index is 254. The zero-order valence-corrected chi connectivity index (χ0v) is 9.39. The second-order valence-corrected chi connectivity index (χ2v) is 4.99. The summed E-state index contributed by atoms with van der Waals surface area (Å²) in [5.74, 6) is 0.841. The Kier molecular flexibility index (Phi) is 3.50. The van der Waals surface area contributed by atoms with E-state index in [4.69, 9.17) is 0 Å². The Labute approximate surface area is 89.1 Å². The molecule has 4 heteroatoms. The molecule has 0 radical (unpaired) electrons. The maximum absolute atomic E-state index is 4.09. The van der Waals surface area contributed by atoms with Crippen LogP contribution in [0, 0.1) is 5.92 Å². The molecule has 0 amide bonds. The van der Waals surface area contributed by atoms with E-state index < -0.39 is 0 Å². The Morgan fingerprint density at radius 1 is 1.71 bits per heavy atom. The van der Waals surface area contributed by atoms with Gasteiger partial charge in [0.2, 0.25) is 0 Å². The average Bonchev–Trinajstić information content (AvgIpc) is 2.76. The van der Waals surface area contributed by atoms with Crippen LogP contribution in [0.15, 0.2) is 11.7 Å². The maximum Gasteiger partial charge on any atom is 0.0794 e. The predicted octanol–water partition coefficient (Wildman–Crippen LogP) is 1.18. The monoisotopic (exact) mass is 211 g/mol. The van der Waals surface area contributed by atoms with Crippen molar-refractivity contribution in [2.24, 2.45) is 5.92 Å². The van der Waals surface area contributed by atoms with Crippen LogP contribution in [-0.2, 0) is 6.54 Å². The highest BCUT2D eigenvalue weighted by Gasteiger charge is 2.16. The SMILES string of the molecule is CN(Cc1cncs1)C[C@@H]1CCNC1. The van der Waals surface area contributed by atoms with Crippen molar-refractivity contribution in [2.45, 2.75) is 13.0 Å². The second-order valence-electron chi connectivity index (χ2n) is 4.02. The Morgan fingerprint density at radius 3 is 3.29 bits per heavy atom. The lowest BCUT2D eigenvalue weighted by molar-refractivity contribution is 0.280. The van der Waals surface area contributed by atoms with Gasteiger partial charge in [0.1, 0.15) is 0 Å². The molecule has 0 spiro atoms. The molecule has 1 saturated heterocycles. The van der Waals surface area contributed by atoms with Crippen LogP contribution in [0.5, 0.6) is 0 Å². The number of aromatic nitrogens is 1. The smallest absolute Gasteiger partial charge is 0.0794 e. The first kappa shape index (κ1) is 10.1. The van der Waals surface area contributed by atoms with Crippen molar-refractivity contribution < 1.29 is 0 Å². The lowest BCUT2D eigenvalue weighted by atomic mass is 10.1. The van der Waals surface area contributed by atoms with Crippen LogP contribution in [0.2, 0.25) is 0 Å². The van der Waals surface area contributed by atoms with Gasteiger partial charge in [0.05, 0.1) is 5.51 Å². The fourth-order valence-electron chi connectivity index (χ4n) is 1.96. The summed E-state index contributed by atoms with van der Waals surface area (Å²) < 4.78 is 0. The van der Waals surface area contributed by atoms with Crippen molar-refractivity contribution >= 4 is 11.3 Å². The predicted molar refractivity (Wildman–Crippen MR) is 59.4 cm³/mol. The summed E-state index contributed by atoms with van der Waals surface area (Å²) in [5, 5.41) is 3.40. The molecule has 0 saturated carbocycles. The van der Waals surface area contributed by atoms with Crippen molar-refractivity contribution in [3.8, 4) is 0 Å². The van der Waals surface area contributed by atoms with Crippen LogP contribution in [0.1, 0.15) is 11.3 Å². The van der Waals surface area contributed by atoms with E-state index in [1.807, 2.05) is 11.7 Å². The molecular formula is C10H17N3S. The van der Waals surface area contributed by atoms with E-state index in [2.05, 4.69) is 22.2 Å². The number of thiazole rings is 1. The third-order valence-electron chi connectivity index (χ3n) is 2.64. The summed E-state index contributed by atoms with van der Waals surface area (Å²) in [6.45, 7) is 4.62. The molecule has 1 N–H and O–H groups in total. The fraction of sp³-hybridized carbons (Fsp3) is 0.700. The summed E-state index contributed by atoms with van der Waals surface area (Å²) in [5.41, 5.74) is 1.90. The minimum Gasteiger partial charge on any atom is -0.316 e. The molecule has 1 aliphatic rings. The van der Waals surface area contributed by atoms with E-state index >= 15 is 0 Å². The van der Waals surface area contributed by atoms with Crippen LogP contribution in [0.3, 0.4) is 0 Å². The molecule has 1 aliphatic heterocycles. The summed E-state index contributed by atoms with van der Waals surface area (Å²) in [4.78, 5) is 7.84. The first-order valence-corrected chi connectivity index (χ1v) is 5.99. The highest BCUT2D eigenvalue weighted by Crippen LogP contribution is 2.12. The van der Waals surface area contributed by atoms with Crippen molar-refractivity contribution in [3.63, 3.8) is 0 Å². The number of nitrogens with one attached hydrogen (secondary N) is 1. The summed E-state index contributed by atoms with van der Waals surface area (Å²) in [6, 6.07) is 0. The number of nitrogens with zero attached hydrogens (tertiary/aromatic N) is 2. The summed E-state index contributed by atoms with van der Waals surface area (Å²) >= 11 is 1.74. The average molecular weight is 211 g/mol. The Hall–Kier alpha value is -0.450. The Morgan fingerprint density at radius 2 is 2.64 bits per heavy atom. The fourth-order valence-corrected chi connectivity index (χ4v) is 2.64. The quantitative estimate of drug-likeness (QED) is 0.810. The van der Waals surface area contributed by atoms with Crippen molar-refractivity contribution in [1.82, 2.24) is 15.2 Å². The normalized spacial score (nSPS) is 22.0. The van der Waals surface area contributed by atoms with E-state index in [0.29, 0.717) is 0 Å². The number of rotatable bonds is 4. The minimum atomic E-state index is 0.841. The van der Waals surface area contributed by atoms with Crippen LogP contribution >= 0.6 is 11.3 Å². The standard InChI is InChI=1S/C10H17N3S/c1-13(6-9-2-3-11-4-9)7-10-5-12-8-14-10/h5,8-9,11H,2-4,6-7H2,1H3/t9-/m1/s1. The van der Waals surface area contributed by atoms with Crippen LogP contribution in [-0.4, -0.2) is 36.6 Å². The highest BCUT2D eigenvalue weighted by molar-refractivity contribution is 7.09. The van der Waals surface area contributed by atoms with Gasteiger partial charge in [-0.05, 0) is 32.5 Å². The van der Waals surface area contributed by atoms with E-state index in [1.54, 1.807) is 11.3 Å². The summed E-state index contributed by atoms with van der Waals surface area (Å²) in [7, 11) is 2.19. The zero-order chi connectivity index (χ0) is 9.80. The van der Waals surface area contributed by atoms with Gasteiger partial charge in [0.15, 0.2) is 0 Å². The van der Waals surface area contributed by atoms with Crippen molar-refractivity contribution in [3.05, 3.63) is 16.6 Å². The van der Waals surface area contributed by atoms with E-state index in [9.17, 15) is 0 Å². The topological polar surface area (TPSA) is 28.2 Å². The highest BCUT2D eigenvalue weighted by atomic mass is 32.1. The van der Waals surface area contributed by atoms with Gasteiger partial charge in [0, 0.05) is 24.2 Å². The molecule has 0 aliphatic carbocycles. The van der Waals surface area contributed by atoms with Gasteiger partial charge in [-0.15, -0.1) is 11.3 Å². The second kappa shape index (κ2) is 4.87. The van der Waals surface area contributed by atoms with Crippen LogP contribution in [0.25, 0.3) is 0 Å². The van der Waals surface area contributed by atoms with E-state index in [-0.39, 0.29) is 0 Å². The lowest BCUT2D eigenvalue weighted by Crippen LogP contribution is -2.26. The molecule has 1 fully saturated rings. The first-order valence-electron chi connectivity index (χ1n) is 5.11. The van der Waals surface area contributed by atoms with Gasteiger partial charge in [-0.2, -0.15) is 0 Å². The molecule has 1 aromatic rings. The Balaban J connectivity index is 1.75. The summed E-state index contributed by atoms with van der Waals surface area (Å²) in [6.07, 6.45) is 3.29. The third kappa shape index (κ3) is 2.77. The van der Waals surface area contributed by atoms with Gasteiger partial charge in [-0.3, -0.25) is 4.98 Å². The van der Waals surface area contributed by atoms with Crippen molar-refractivity contribution in [2.75, 3.05) is 26.7 Å². The largest absolute Gasteiger partial charge is 0.316 e.